The zero-order chi connectivity index (χ0) is 61.6. The van der Waals surface area contributed by atoms with E-state index in [0.29, 0.717) is 79.3 Å². The topological polar surface area (TPSA) is 288 Å². The van der Waals surface area contributed by atoms with Crippen molar-refractivity contribution in [1.29, 1.82) is 0 Å². The van der Waals surface area contributed by atoms with Gasteiger partial charge in [0.2, 0.25) is 16.8 Å². The standard InChI is InChI=1S/C23H25N3O4.2C21H22N4O3/c1-4-30-21(27)20-19-15(2)8-9-18(19)26(24-20)17-7-5-6-16(14-17)10-11-23(29)12-13-25(3)22(23)28;2*1-13-6-7-16-17(13)18(19(22)26)23-25(16)15-5-3-4-14(12-15)8-9-21(28)10-11-24(2)20(21)27/h5-7,14-15,29H,4,8-9,12-13H2,1-3H3;2*3-5,12-13,28H,6-7,10-11H2,1-2H3,(H2,22,26)/t15?,23-;13-,21+;13-,21-/m010/s1. The third-order valence-corrected chi connectivity index (χ3v) is 17.0. The molecule has 6 aromatic rings. The van der Waals surface area contributed by atoms with E-state index in [1.54, 1.807) is 42.1 Å². The molecule has 3 aromatic heterocycles. The van der Waals surface area contributed by atoms with Crippen molar-refractivity contribution in [2.45, 2.75) is 120 Å². The highest BCUT2D eigenvalue weighted by Crippen LogP contribution is 2.39. The van der Waals surface area contributed by atoms with Gasteiger partial charge in [-0.25, -0.2) is 18.8 Å². The molecule has 3 saturated heterocycles. The number of nitrogens with two attached hydrogens (primary N) is 2. The minimum atomic E-state index is -1.63. The first kappa shape index (κ1) is 59.8. The lowest BCUT2D eigenvalue weighted by molar-refractivity contribution is -0.138. The van der Waals surface area contributed by atoms with Crippen LogP contribution in [0.2, 0.25) is 0 Å². The second-order valence-electron chi connectivity index (χ2n) is 23.0. The third-order valence-electron chi connectivity index (χ3n) is 17.0. The molecule has 5 amide bonds. The smallest absolute Gasteiger partial charge is 0.359 e. The molecule has 3 fully saturated rings. The number of aromatic nitrogens is 6. The van der Waals surface area contributed by atoms with Crippen LogP contribution in [0.25, 0.3) is 17.1 Å². The van der Waals surface area contributed by atoms with Gasteiger partial charge in [-0.1, -0.05) is 74.5 Å². The lowest BCUT2D eigenvalue weighted by Crippen LogP contribution is -2.37. The van der Waals surface area contributed by atoms with Crippen molar-refractivity contribution in [2.24, 2.45) is 11.5 Å². The molecular weight excluding hydrogens is 1090 g/mol. The van der Waals surface area contributed by atoms with Gasteiger partial charge in [-0.3, -0.25) is 24.0 Å². The fourth-order valence-electron chi connectivity index (χ4n) is 12.1. The molecule has 21 heteroatoms. The van der Waals surface area contributed by atoms with Crippen LogP contribution in [0.4, 0.5) is 0 Å². The lowest BCUT2D eigenvalue weighted by atomic mass is 10.0. The number of nitrogens with zero attached hydrogens (tertiary/aromatic N) is 9. The number of likely N-dealkylation sites (N-methyl/N-ethyl adjacent to an activating group) is 3. The van der Waals surface area contributed by atoms with Gasteiger partial charge in [0, 0.05) is 111 Å². The Morgan fingerprint density at radius 2 is 0.837 bits per heavy atom. The third kappa shape index (κ3) is 11.4. The van der Waals surface area contributed by atoms with Crippen LogP contribution < -0.4 is 11.5 Å². The Morgan fingerprint density at radius 3 is 1.12 bits per heavy atom. The molecule has 3 aliphatic heterocycles. The molecule has 6 aliphatic rings. The zero-order valence-corrected chi connectivity index (χ0v) is 49.2. The normalized spacial score (nSPS) is 23.2. The lowest BCUT2D eigenvalue weighted by Gasteiger charge is -2.13. The Morgan fingerprint density at radius 1 is 0.535 bits per heavy atom. The van der Waals surface area contributed by atoms with Crippen LogP contribution in [0.15, 0.2) is 72.8 Å². The van der Waals surface area contributed by atoms with Crippen LogP contribution in [0.3, 0.4) is 0 Å². The molecule has 6 heterocycles. The highest BCUT2D eigenvalue weighted by Gasteiger charge is 2.44. The summed E-state index contributed by atoms with van der Waals surface area (Å²) in [5.41, 5.74) is 17.3. The molecule has 7 N–H and O–H groups in total. The van der Waals surface area contributed by atoms with E-state index in [2.05, 4.69) is 71.6 Å². The number of primary amides is 2. The largest absolute Gasteiger partial charge is 0.461 e. The number of esters is 1. The maximum Gasteiger partial charge on any atom is 0.359 e. The summed E-state index contributed by atoms with van der Waals surface area (Å²) in [5.74, 6) is 15.1. The number of hydrogen-bond donors (Lipinski definition) is 5. The summed E-state index contributed by atoms with van der Waals surface area (Å²) in [4.78, 5) is 76.8. The van der Waals surface area contributed by atoms with Crippen molar-refractivity contribution in [3.8, 4) is 52.6 Å². The Kier molecular flexibility index (Phi) is 16.4. The summed E-state index contributed by atoms with van der Waals surface area (Å²) in [7, 11) is 4.96. The number of carbonyl (C=O) groups excluding carboxylic acids is 6. The molecule has 0 bridgehead atoms. The fourth-order valence-corrected chi connectivity index (χ4v) is 12.1. The van der Waals surface area contributed by atoms with E-state index in [-0.39, 0.29) is 35.5 Å². The predicted molar refractivity (Wildman–Crippen MR) is 316 cm³/mol. The summed E-state index contributed by atoms with van der Waals surface area (Å²) >= 11 is 0. The number of fused-ring (bicyclic) bond motifs is 3. The van der Waals surface area contributed by atoms with Gasteiger partial charge < -0.3 is 46.2 Å². The van der Waals surface area contributed by atoms with E-state index in [9.17, 15) is 44.1 Å². The van der Waals surface area contributed by atoms with Crippen LogP contribution in [-0.4, -0.2) is 159 Å². The molecule has 0 saturated carbocycles. The summed E-state index contributed by atoms with van der Waals surface area (Å²) in [6, 6.07) is 22.2. The van der Waals surface area contributed by atoms with Crippen molar-refractivity contribution in [1.82, 2.24) is 44.0 Å². The molecule has 0 radical (unpaired) electrons. The number of aliphatic hydroxyl groups is 3. The second kappa shape index (κ2) is 23.6. The Labute approximate surface area is 498 Å². The molecule has 86 heavy (non-hydrogen) atoms. The van der Waals surface area contributed by atoms with Crippen LogP contribution in [0, 0.1) is 35.5 Å². The van der Waals surface area contributed by atoms with E-state index >= 15 is 0 Å². The molecule has 1 unspecified atom stereocenters. The number of carbonyl (C=O) groups is 6. The van der Waals surface area contributed by atoms with E-state index in [1.807, 2.05) is 72.8 Å². The monoisotopic (exact) mass is 1160 g/mol. The minimum absolute atomic E-state index is 0.244. The summed E-state index contributed by atoms with van der Waals surface area (Å²) in [6.45, 7) is 9.77. The molecule has 444 valence electrons. The van der Waals surface area contributed by atoms with Gasteiger partial charge in [0.05, 0.1) is 23.7 Å². The molecule has 12 rings (SSSR count). The summed E-state index contributed by atoms with van der Waals surface area (Å²) < 4.78 is 10.5. The number of amides is 5. The van der Waals surface area contributed by atoms with E-state index in [0.717, 1.165) is 89.4 Å². The minimum Gasteiger partial charge on any atom is -0.461 e. The fraction of sp³-hybridized carbons (Fsp3) is 0.400. The first-order valence-corrected chi connectivity index (χ1v) is 28.9. The SMILES string of the molecule is CCOC(=O)c1nn(-c2cccc(C#C[C@]3(O)CCN(C)C3=O)c2)c2c1C(C)CC2.C[C@@H]1CCc2c1c(C(N)=O)nn2-c1cccc(C#C[C@]2(O)CCN(C)C2=O)c1.C[C@H]1CCc2c1c(C(N)=O)nn2-c1cccc(C#C[C@]2(O)CCN(C)C2=O)c1. The van der Waals surface area contributed by atoms with Gasteiger partial charge in [0.25, 0.3) is 29.5 Å². The average Bonchev–Trinajstić information content (AvgIpc) is 1.80. The van der Waals surface area contributed by atoms with Gasteiger partial charge >= 0.3 is 5.97 Å². The predicted octanol–water partition coefficient (Wildman–Crippen LogP) is 3.97. The first-order chi connectivity index (χ1) is 40.9. The highest BCUT2D eigenvalue weighted by molar-refractivity contribution is 5.95. The van der Waals surface area contributed by atoms with Crippen molar-refractivity contribution in [3.63, 3.8) is 0 Å². The Hall–Kier alpha value is -9.33. The van der Waals surface area contributed by atoms with Crippen molar-refractivity contribution in [2.75, 3.05) is 47.4 Å². The second-order valence-corrected chi connectivity index (χ2v) is 23.0. The Balaban J connectivity index is 0.000000143. The van der Waals surface area contributed by atoms with Crippen LogP contribution in [0.1, 0.15) is 166 Å². The van der Waals surface area contributed by atoms with Gasteiger partial charge in [0.15, 0.2) is 17.1 Å². The molecule has 3 aliphatic carbocycles. The van der Waals surface area contributed by atoms with Gasteiger partial charge in [-0.15, -0.1) is 0 Å². The summed E-state index contributed by atoms with van der Waals surface area (Å²) in [6.07, 6.45) is 6.23. The molecule has 6 atom stereocenters. The quantitative estimate of drug-likeness (QED) is 0.112. The van der Waals surface area contributed by atoms with Crippen molar-refractivity contribution in [3.05, 3.63) is 140 Å². The van der Waals surface area contributed by atoms with E-state index < -0.39 is 34.6 Å². The van der Waals surface area contributed by atoms with Gasteiger partial charge in [-0.2, -0.15) is 15.3 Å². The molecule has 0 spiro atoms. The molecular formula is C65H69N11O10. The number of hydrogen-bond acceptors (Lipinski definition) is 13. The zero-order valence-electron chi connectivity index (χ0n) is 49.2. The van der Waals surface area contributed by atoms with Crippen LogP contribution in [-0.2, 0) is 38.4 Å². The number of ether oxygens (including phenoxy) is 1. The highest BCUT2D eigenvalue weighted by atomic mass is 16.5. The van der Waals surface area contributed by atoms with E-state index in [1.165, 1.54) is 14.7 Å². The number of benzene rings is 3. The maximum atomic E-state index is 12.4. The first-order valence-electron chi connectivity index (χ1n) is 28.9. The maximum absolute atomic E-state index is 12.4. The van der Waals surface area contributed by atoms with Crippen molar-refractivity contribution < 1.29 is 48.8 Å². The average molecular weight is 1160 g/mol. The van der Waals surface area contributed by atoms with Gasteiger partial charge in [0.1, 0.15) is 0 Å². The molecule has 3 aromatic carbocycles. The van der Waals surface area contributed by atoms with Crippen LogP contribution in [0.5, 0.6) is 0 Å². The van der Waals surface area contributed by atoms with Crippen LogP contribution >= 0.6 is 0 Å². The summed E-state index contributed by atoms with van der Waals surface area (Å²) in [5, 5.41) is 44.9. The molecule has 21 nitrogen and oxygen atoms in total. The van der Waals surface area contributed by atoms with Crippen molar-refractivity contribution >= 4 is 35.5 Å². The Bertz CT molecular complexity index is 3810. The number of likely N-dealkylation sites (tertiary alicyclic amines) is 3. The van der Waals surface area contributed by atoms with E-state index in [4.69, 9.17) is 16.2 Å². The number of rotatable bonds is 7. The van der Waals surface area contributed by atoms with Gasteiger partial charge in [-0.05, 0) is 118 Å².